The predicted octanol–water partition coefficient (Wildman–Crippen LogP) is 8.39. The zero-order chi connectivity index (χ0) is 28.3. The molecular weight excluding hydrogens is 532 g/mol. The maximum Gasteiger partial charge on any atom is 0.240 e. The molecule has 7 nitrogen and oxygen atoms in total. The second-order valence-corrected chi connectivity index (χ2v) is 10.4. The molecule has 0 N–H and O–H groups in total. The van der Waals surface area contributed by atoms with Crippen LogP contribution < -0.4 is 0 Å². The molecule has 202 valence electrons. The summed E-state index contributed by atoms with van der Waals surface area (Å²) in [7, 11) is 0. The first-order valence-corrected chi connectivity index (χ1v) is 14.1. The molecule has 0 bridgehead atoms. The quantitative estimate of drug-likeness (QED) is 0.218. The first kappa shape index (κ1) is 23.6. The number of benzene rings is 5. The van der Waals surface area contributed by atoms with E-state index in [-0.39, 0.29) is 0 Å². The summed E-state index contributed by atoms with van der Waals surface area (Å²) in [5.74, 6) is 2.34. The fourth-order valence-electron chi connectivity index (χ4n) is 5.97. The molecule has 9 rings (SSSR count). The summed E-state index contributed by atoms with van der Waals surface area (Å²) < 4.78 is 10.6. The van der Waals surface area contributed by atoms with Crippen molar-refractivity contribution in [3.05, 3.63) is 134 Å². The molecule has 0 fully saturated rings. The van der Waals surface area contributed by atoms with Crippen LogP contribution in [0, 0.1) is 0 Å². The molecule has 7 heteroatoms. The van der Waals surface area contributed by atoms with Crippen LogP contribution in [0.3, 0.4) is 0 Å². The highest BCUT2D eigenvalue weighted by Crippen LogP contribution is 2.40. The molecule has 0 aliphatic carbocycles. The van der Waals surface area contributed by atoms with E-state index < -0.39 is 0 Å². The van der Waals surface area contributed by atoms with E-state index in [1.165, 1.54) is 0 Å². The van der Waals surface area contributed by atoms with Crippen molar-refractivity contribution in [1.29, 1.82) is 0 Å². The lowest BCUT2D eigenvalue weighted by Gasteiger charge is -2.12. The minimum atomic E-state index is 0.482. The van der Waals surface area contributed by atoms with Crippen molar-refractivity contribution in [2.24, 2.45) is 0 Å². The summed E-state index contributed by atoms with van der Waals surface area (Å²) in [4.78, 5) is 19.6. The van der Waals surface area contributed by atoms with E-state index in [1.807, 2.05) is 95.7 Å². The van der Waals surface area contributed by atoms with Gasteiger partial charge in [0.05, 0.1) is 16.4 Å². The largest absolute Gasteiger partial charge is 0.455 e. The summed E-state index contributed by atoms with van der Waals surface area (Å²) in [5.41, 5.74) is 5.56. The maximum absolute atomic E-state index is 6.48. The van der Waals surface area contributed by atoms with E-state index in [0.29, 0.717) is 23.5 Å². The van der Waals surface area contributed by atoms with Crippen LogP contribution in [0.5, 0.6) is 0 Å². The van der Waals surface area contributed by atoms with E-state index in [0.717, 1.165) is 54.9 Å². The highest BCUT2D eigenvalue weighted by Gasteiger charge is 2.22. The van der Waals surface area contributed by atoms with Gasteiger partial charge in [-0.05, 0) is 24.3 Å². The van der Waals surface area contributed by atoms with Crippen LogP contribution in [-0.2, 0) is 0 Å². The summed E-state index contributed by atoms with van der Waals surface area (Å²) in [6.45, 7) is 0. The molecule has 0 spiro atoms. The Labute approximate surface area is 245 Å². The molecule has 0 aliphatic rings. The van der Waals surface area contributed by atoms with Gasteiger partial charge in [-0.2, -0.15) is 9.97 Å². The van der Waals surface area contributed by atoms with Crippen LogP contribution in [0.4, 0.5) is 0 Å². The second kappa shape index (κ2) is 9.22. The minimum absolute atomic E-state index is 0.482. The van der Waals surface area contributed by atoms with Gasteiger partial charge in [-0.25, -0.2) is 9.97 Å². The molecule has 9 aromatic rings. The van der Waals surface area contributed by atoms with Gasteiger partial charge in [0.25, 0.3) is 0 Å². The van der Waals surface area contributed by atoms with Gasteiger partial charge in [0.2, 0.25) is 11.9 Å². The lowest BCUT2D eigenvalue weighted by molar-refractivity contribution is 0.673. The average Bonchev–Trinajstić information content (AvgIpc) is 3.79. The number of fused-ring (bicyclic) bond motifs is 7. The Kier molecular flexibility index (Phi) is 5.06. The number of para-hydroxylation sites is 2. The van der Waals surface area contributed by atoms with Crippen molar-refractivity contribution in [2.45, 2.75) is 0 Å². The molecule has 4 heterocycles. The lowest BCUT2D eigenvalue weighted by Crippen LogP contribution is -2.10. The fraction of sp³-hybridized carbons (Fsp3) is 0. The maximum atomic E-state index is 6.48. The van der Waals surface area contributed by atoms with Gasteiger partial charge >= 0.3 is 0 Å². The van der Waals surface area contributed by atoms with Crippen LogP contribution in [0.15, 0.2) is 138 Å². The number of hydrogen-bond donors (Lipinski definition) is 0. The Hall–Kier alpha value is -6.08. The third kappa shape index (κ3) is 3.62. The van der Waals surface area contributed by atoms with Crippen LogP contribution in [0.25, 0.3) is 78.4 Å². The summed E-state index contributed by atoms with van der Waals surface area (Å²) in [6, 6.07) is 40.8. The topological polar surface area (TPSA) is 74.6 Å². The molecule has 0 radical (unpaired) electrons. The van der Waals surface area contributed by atoms with Gasteiger partial charge in [-0.15, -0.1) is 0 Å². The number of aromatic nitrogens is 6. The SMILES string of the molecule is c1ccc(-c2nc(-c3ccccc3)nc(-n3ccnc3-n3c4ccccc4c4c5oc6ccccc6c5ccc43)n2)cc1. The smallest absolute Gasteiger partial charge is 0.240 e. The van der Waals surface area contributed by atoms with Gasteiger partial charge in [0.1, 0.15) is 11.2 Å². The van der Waals surface area contributed by atoms with E-state index in [2.05, 4.69) is 41.0 Å². The molecule has 43 heavy (non-hydrogen) atoms. The Morgan fingerprint density at radius 2 is 1.19 bits per heavy atom. The first-order chi connectivity index (χ1) is 21.3. The van der Waals surface area contributed by atoms with Crippen LogP contribution in [-0.4, -0.2) is 29.1 Å². The third-order valence-corrected chi connectivity index (χ3v) is 7.90. The molecular formula is C36H22N6O. The minimum Gasteiger partial charge on any atom is -0.455 e. The van der Waals surface area contributed by atoms with Gasteiger partial charge < -0.3 is 4.42 Å². The average molecular weight is 555 g/mol. The number of imidazole rings is 1. The monoisotopic (exact) mass is 554 g/mol. The second-order valence-electron chi connectivity index (χ2n) is 10.4. The highest BCUT2D eigenvalue weighted by molar-refractivity contribution is 6.23. The van der Waals surface area contributed by atoms with Gasteiger partial charge in [0.15, 0.2) is 11.6 Å². The van der Waals surface area contributed by atoms with Gasteiger partial charge in [-0.1, -0.05) is 97.1 Å². The zero-order valence-corrected chi connectivity index (χ0v) is 22.8. The lowest BCUT2D eigenvalue weighted by atomic mass is 10.1. The molecule has 0 saturated heterocycles. The number of rotatable bonds is 4. The van der Waals surface area contributed by atoms with Crippen molar-refractivity contribution < 1.29 is 4.42 Å². The summed E-state index contributed by atoms with van der Waals surface area (Å²) in [6.07, 6.45) is 3.68. The van der Waals surface area contributed by atoms with E-state index >= 15 is 0 Å². The number of hydrogen-bond acceptors (Lipinski definition) is 5. The standard InChI is InChI=1S/C36H22N6O/c1-3-11-23(12-4-1)33-38-34(24-13-5-2-6-14-24)40-35(39-33)41-22-21-37-36(41)42-28-17-9-7-16-27(28)31-29(42)20-19-26-25-15-8-10-18-30(25)43-32(26)31/h1-22H. The third-order valence-electron chi connectivity index (χ3n) is 7.90. The number of nitrogens with zero attached hydrogens (tertiary/aromatic N) is 6. The molecule has 5 aromatic carbocycles. The molecule has 4 aromatic heterocycles. The molecule has 0 aliphatic heterocycles. The van der Waals surface area contributed by atoms with Crippen molar-refractivity contribution in [1.82, 2.24) is 29.1 Å². The molecule has 0 atom stereocenters. The van der Waals surface area contributed by atoms with Crippen molar-refractivity contribution in [2.75, 3.05) is 0 Å². The number of furan rings is 1. The molecule has 0 saturated carbocycles. The Bertz CT molecular complexity index is 2400. The van der Waals surface area contributed by atoms with E-state index in [4.69, 9.17) is 24.4 Å². The van der Waals surface area contributed by atoms with Crippen LogP contribution >= 0.6 is 0 Å². The molecule has 0 amide bonds. The van der Waals surface area contributed by atoms with Gasteiger partial charge in [0, 0.05) is 39.7 Å². The van der Waals surface area contributed by atoms with Crippen LogP contribution in [0.2, 0.25) is 0 Å². The molecule has 0 unspecified atom stereocenters. The van der Waals surface area contributed by atoms with Crippen molar-refractivity contribution in [3.8, 4) is 34.7 Å². The Balaban J connectivity index is 1.32. The normalized spacial score (nSPS) is 11.7. The first-order valence-electron chi connectivity index (χ1n) is 14.1. The Morgan fingerprint density at radius 1 is 0.535 bits per heavy atom. The summed E-state index contributed by atoms with van der Waals surface area (Å²) in [5, 5.41) is 4.32. The fourth-order valence-corrected chi connectivity index (χ4v) is 5.97. The zero-order valence-electron chi connectivity index (χ0n) is 22.8. The van der Waals surface area contributed by atoms with Crippen LogP contribution in [0.1, 0.15) is 0 Å². The van der Waals surface area contributed by atoms with E-state index in [9.17, 15) is 0 Å². The van der Waals surface area contributed by atoms with E-state index in [1.54, 1.807) is 6.20 Å². The van der Waals surface area contributed by atoms with Crippen molar-refractivity contribution >= 4 is 43.7 Å². The van der Waals surface area contributed by atoms with Crippen molar-refractivity contribution in [3.63, 3.8) is 0 Å². The highest BCUT2D eigenvalue weighted by atomic mass is 16.3. The Morgan fingerprint density at radius 3 is 1.93 bits per heavy atom. The summed E-state index contributed by atoms with van der Waals surface area (Å²) >= 11 is 0. The van der Waals surface area contributed by atoms with Gasteiger partial charge in [-0.3, -0.25) is 9.13 Å². The predicted molar refractivity (Wildman–Crippen MR) is 169 cm³/mol.